The molecule has 0 saturated heterocycles. The Hall–Kier alpha value is -1.79. The van der Waals surface area contributed by atoms with Crippen LogP contribution in [-0.4, -0.2) is 34.2 Å². The van der Waals surface area contributed by atoms with Gasteiger partial charge in [-0.15, -0.1) is 0 Å². The number of hydrogen-bond acceptors (Lipinski definition) is 3. The number of hydrogen-bond donors (Lipinski definition) is 4. The SMILES string of the molecule is NC(=O)NC(C(=O)O)C(=O)O. The first-order valence-corrected chi connectivity index (χ1v) is 2.46. The Bertz CT molecular complexity index is 187. The topological polar surface area (TPSA) is 130 Å². The molecule has 11 heavy (non-hydrogen) atoms. The minimum absolute atomic E-state index is 1.19. The molecule has 0 aliphatic carbocycles. The molecule has 5 N–H and O–H groups in total. The zero-order valence-electron chi connectivity index (χ0n) is 5.27. The second-order valence-corrected chi connectivity index (χ2v) is 1.62. The zero-order valence-corrected chi connectivity index (χ0v) is 5.27. The van der Waals surface area contributed by atoms with Gasteiger partial charge in [0.2, 0.25) is 6.04 Å². The molecule has 7 heteroatoms. The average molecular weight is 162 g/mol. The van der Waals surface area contributed by atoms with Gasteiger partial charge >= 0.3 is 18.0 Å². The van der Waals surface area contributed by atoms with Crippen molar-refractivity contribution >= 4 is 18.0 Å². The highest BCUT2D eigenvalue weighted by molar-refractivity contribution is 6.00. The van der Waals surface area contributed by atoms with Crippen molar-refractivity contribution in [3.05, 3.63) is 0 Å². The van der Waals surface area contributed by atoms with Crippen LogP contribution < -0.4 is 11.1 Å². The number of nitrogens with one attached hydrogen (secondary N) is 1. The largest absolute Gasteiger partial charge is 0.479 e. The van der Waals surface area contributed by atoms with Crippen molar-refractivity contribution in [3.8, 4) is 0 Å². The third kappa shape index (κ3) is 3.04. The van der Waals surface area contributed by atoms with E-state index in [1.165, 1.54) is 5.32 Å². The van der Waals surface area contributed by atoms with Crippen molar-refractivity contribution in [3.63, 3.8) is 0 Å². The van der Waals surface area contributed by atoms with Crippen LogP contribution >= 0.6 is 0 Å². The quantitative estimate of drug-likeness (QED) is 0.363. The first-order chi connectivity index (χ1) is 4.95. The van der Waals surface area contributed by atoms with Gasteiger partial charge in [-0.25, -0.2) is 14.4 Å². The summed E-state index contributed by atoms with van der Waals surface area (Å²) in [6.45, 7) is 0. The number of amides is 2. The van der Waals surface area contributed by atoms with Crippen molar-refractivity contribution in [1.29, 1.82) is 0 Å². The van der Waals surface area contributed by atoms with E-state index in [2.05, 4.69) is 5.73 Å². The molecular formula is C4H6N2O5. The number of aliphatic carboxylic acids is 2. The Labute approximate surface area is 60.8 Å². The maximum absolute atomic E-state index is 10.0. The Kier molecular flexibility index (Phi) is 2.84. The van der Waals surface area contributed by atoms with Crippen molar-refractivity contribution in [2.75, 3.05) is 0 Å². The normalized spacial score (nSPS) is 9.18. The van der Waals surface area contributed by atoms with E-state index < -0.39 is 24.0 Å². The molecule has 0 aromatic rings. The van der Waals surface area contributed by atoms with Gasteiger partial charge in [0.25, 0.3) is 0 Å². The molecule has 2 amide bonds. The number of urea groups is 1. The summed E-state index contributed by atoms with van der Waals surface area (Å²) in [5.74, 6) is -3.34. The molecule has 62 valence electrons. The molecule has 0 atom stereocenters. The van der Waals surface area contributed by atoms with Crippen LogP contribution in [0.5, 0.6) is 0 Å². The summed E-state index contributed by atoms with van der Waals surface area (Å²) in [6.07, 6.45) is 0. The molecule has 0 saturated carbocycles. The van der Waals surface area contributed by atoms with E-state index in [1.807, 2.05) is 0 Å². The molecular weight excluding hydrogens is 156 g/mol. The molecule has 0 rings (SSSR count). The zero-order chi connectivity index (χ0) is 9.02. The van der Waals surface area contributed by atoms with Crippen molar-refractivity contribution in [1.82, 2.24) is 5.32 Å². The van der Waals surface area contributed by atoms with Gasteiger partial charge in [0, 0.05) is 0 Å². The van der Waals surface area contributed by atoms with Gasteiger partial charge in [0.1, 0.15) is 0 Å². The van der Waals surface area contributed by atoms with Crippen LogP contribution in [0.4, 0.5) is 4.79 Å². The minimum Gasteiger partial charge on any atom is -0.479 e. The molecule has 0 aromatic carbocycles. The summed E-state index contributed by atoms with van der Waals surface area (Å²) in [4.78, 5) is 30.1. The summed E-state index contributed by atoms with van der Waals surface area (Å²) in [5, 5.41) is 17.8. The Morgan fingerprint density at radius 1 is 1.18 bits per heavy atom. The lowest BCUT2D eigenvalue weighted by atomic mass is 10.3. The first-order valence-electron chi connectivity index (χ1n) is 2.46. The fraction of sp³-hybridized carbons (Fsp3) is 0.250. The second-order valence-electron chi connectivity index (χ2n) is 1.62. The Morgan fingerprint density at radius 3 is 1.64 bits per heavy atom. The fourth-order valence-electron chi connectivity index (χ4n) is 0.371. The number of primary amides is 1. The van der Waals surface area contributed by atoms with Gasteiger partial charge in [-0.1, -0.05) is 0 Å². The minimum atomic E-state index is -1.98. The van der Waals surface area contributed by atoms with Crippen LogP contribution in [0.2, 0.25) is 0 Å². The third-order valence-electron chi connectivity index (χ3n) is 0.780. The van der Waals surface area contributed by atoms with Gasteiger partial charge in [-0.3, -0.25) is 0 Å². The first kappa shape index (κ1) is 9.21. The monoisotopic (exact) mass is 162 g/mol. The number of carbonyl (C=O) groups is 3. The van der Waals surface area contributed by atoms with Crippen LogP contribution in [0.1, 0.15) is 0 Å². The van der Waals surface area contributed by atoms with E-state index in [0.717, 1.165) is 0 Å². The predicted molar refractivity (Wildman–Crippen MR) is 31.8 cm³/mol. The Morgan fingerprint density at radius 2 is 1.55 bits per heavy atom. The maximum atomic E-state index is 10.0. The number of carboxylic acids is 2. The molecule has 0 aliphatic heterocycles. The van der Waals surface area contributed by atoms with Crippen LogP contribution in [0.25, 0.3) is 0 Å². The van der Waals surface area contributed by atoms with Gasteiger partial charge < -0.3 is 21.3 Å². The van der Waals surface area contributed by atoms with E-state index in [-0.39, 0.29) is 0 Å². The average Bonchev–Trinajstić information content (AvgIpc) is 1.81. The highest BCUT2D eigenvalue weighted by Gasteiger charge is 2.26. The highest BCUT2D eigenvalue weighted by Crippen LogP contribution is 1.82. The van der Waals surface area contributed by atoms with E-state index >= 15 is 0 Å². The molecule has 0 aliphatic rings. The van der Waals surface area contributed by atoms with E-state index in [0.29, 0.717) is 0 Å². The van der Waals surface area contributed by atoms with Crippen molar-refractivity contribution in [2.24, 2.45) is 5.73 Å². The van der Waals surface area contributed by atoms with Gasteiger partial charge in [-0.05, 0) is 0 Å². The number of carbonyl (C=O) groups excluding carboxylic acids is 1. The molecule has 0 heterocycles. The smallest absolute Gasteiger partial charge is 0.338 e. The Balaban J connectivity index is 4.23. The molecule has 0 fully saturated rings. The molecule has 0 spiro atoms. The van der Waals surface area contributed by atoms with E-state index in [1.54, 1.807) is 0 Å². The standard InChI is InChI=1S/C4H6N2O5/c5-4(11)6-1(2(7)8)3(9)10/h1H,(H,7,8)(H,9,10)(H3,5,6,11). The second kappa shape index (κ2) is 3.40. The summed E-state index contributed by atoms with van der Waals surface area (Å²) < 4.78 is 0. The van der Waals surface area contributed by atoms with Crippen molar-refractivity contribution in [2.45, 2.75) is 6.04 Å². The summed E-state index contributed by atoms with van der Waals surface area (Å²) >= 11 is 0. The van der Waals surface area contributed by atoms with Gasteiger partial charge in [-0.2, -0.15) is 0 Å². The predicted octanol–water partition coefficient (Wildman–Crippen LogP) is -1.81. The summed E-state index contributed by atoms with van der Waals surface area (Å²) in [6, 6.07) is -3.17. The molecule has 0 radical (unpaired) electrons. The van der Waals surface area contributed by atoms with Crippen LogP contribution in [0, 0.1) is 0 Å². The molecule has 7 nitrogen and oxygen atoms in total. The number of rotatable bonds is 3. The lowest BCUT2D eigenvalue weighted by Gasteiger charge is -2.05. The van der Waals surface area contributed by atoms with E-state index in [9.17, 15) is 14.4 Å². The van der Waals surface area contributed by atoms with Crippen LogP contribution in [0.3, 0.4) is 0 Å². The lowest BCUT2D eigenvalue weighted by Crippen LogP contribution is -2.48. The fourth-order valence-corrected chi connectivity index (χ4v) is 0.371. The molecule has 0 bridgehead atoms. The van der Waals surface area contributed by atoms with Crippen LogP contribution in [-0.2, 0) is 9.59 Å². The van der Waals surface area contributed by atoms with Crippen molar-refractivity contribution < 1.29 is 24.6 Å². The maximum Gasteiger partial charge on any atom is 0.338 e. The van der Waals surface area contributed by atoms with Gasteiger partial charge in [0.15, 0.2) is 0 Å². The number of carboxylic acid groups (broad SMARTS) is 2. The highest BCUT2D eigenvalue weighted by atomic mass is 16.4. The third-order valence-corrected chi connectivity index (χ3v) is 0.780. The summed E-state index contributed by atoms with van der Waals surface area (Å²) in [5.41, 5.74) is 4.49. The number of nitrogens with two attached hydrogens (primary N) is 1. The van der Waals surface area contributed by atoms with E-state index in [4.69, 9.17) is 10.2 Å². The lowest BCUT2D eigenvalue weighted by molar-refractivity contribution is -0.150. The molecule has 0 unspecified atom stereocenters. The van der Waals surface area contributed by atoms with Crippen LogP contribution in [0.15, 0.2) is 0 Å². The summed E-state index contributed by atoms with van der Waals surface area (Å²) in [7, 11) is 0. The molecule has 0 aromatic heterocycles. The van der Waals surface area contributed by atoms with Gasteiger partial charge in [0.05, 0.1) is 0 Å².